The Labute approximate surface area is 133 Å². The Balaban J connectivity index is 2.42. The van der Waals surface area contributed by atoms with Crippen LogP contribution in [-0.4, -0.2) is 24.6 Å². The van der Waals surface area contributed by atoms with Gasteiger partial charge in [0.2, 0.25) is 0 Å². The van der Waals surface area contributed by atoms with Crippen molar-refractivity contribution in [1.29, 1.82) is 0 Å². The molecule has 0 bridgehead atoms. The Morgan fingerprint density at radius 3 is 2.50 bits per heavy atom. The van der Waals surface area contributed by atoms with Gasteiger partial charge in [0.1, 0.15) is 5.75 Å². The molecule has 122 valence electrons. The van der Waals surface area contributed by atoms with Crippen LogP contribution in [0, 0.1) is 0 Å². The highest BCUT2D eigenvalue weighted by atomic mass is 16.5. The zero-order valence-electron chi connectivity index (χ0n) is 14.4. The van der Waals surface area contributed by atoms with Crippen molar-refractivity contribution in [1.82, 2.24) is 0 Å². The molecule has 4 nitrogen and oxygen atoms in total. The quantitative estimate of drug-likeness (QED) is 0.869. The Bertz CT molecular complexity index is 559. The summed E-state index contributed by atoms with van der Waals surface area (Å²) in [6.07, 6.45) is 1.82. The highest BCUT2D eigenvalue weighted by Gasteiger charge is 2.40. The van der Waals surface area contributed by atoms with Crippen molar-refractivity contribution < 1.29 is 9.53 Å². The lowest BCUT2D eigenvalue weighted by Gasteiger charge is -2.39. The fourth-order valence-corrected chi connectivity index (χ4v) is 2.67. The SMILES string of the molecule is CC1(C)Oc2ccc(C(C)(C)C)cc2N(CCCCN)C1=O. The third-order valence-corrected chi connectivity index (χ3v) is 4.08. The maximum atomic E-state index is 12.7. The van der Waals surface area contributed by atoms with Gasteiger partial charge in [-0.05, 0) is 56.3 Å². The van der Waals surface area contributed by atoms with E-state index in [0.29, 0.717) is 13.1 Å². The number of fused-ring (bicyclic) bond motifs is 1. The number of hydrogen-bond acceptors (Lipinski definition) is 3. The van der Waals surface area contributed by atoms with Gasteiger partial charge in [-0.3, -0.25) is 4.79 Å². The van der Waals surface area contributed by atoms with Gasteiger partial charge in [-0.1, -0.05) is 26.8 Å². The van der Waals surface area contributed by atoms with Crippen LogP contribution in [0.3, 0.4) is 0 Å². The van der Waals surface area contributed by atoms with E-state index in [2.05, 4.69) is 32.9 Å². The molecule has 0 aliphatic carbocycles. The topological polar surface area (TPSA) is 55.6 Å². The van der Waals surface area contributed by atoms with E-state index in [9.17, 15) is 4.79 Å². The van der Waals surface area contributed by atoms with Crippen molar-refractivity contribution in [2.75, 3.05) is 18.0 Å². The molecule has 0 unspecified atom stereocenters. The summed E-state index contributed by atoms with van der Waals surface area (Å²) in [4.78, 5) is 14.6. The van der Waals surface area contributed by atoms with E-state index >= 15 is 0 Å². The molecule has 1 aromatic rings. The number of anilines is 1. The Morgan fingerprint density at radius 1 is 1.23 bits per heavy atom. The summed E-state index contributed by atoms with van der Waals surface area (Å²) in [6.45, 7) is 11.5. The van der Waals surface area contributed by atoms with Gasteiger partial charge in [-0.15, -0.1) is 0 Å². The number of rotatable bonds is 4. The summed E-state index contributed by atoms with van der Waals surface area (Å²) in [5, 5.41) is 0. The molecule has 1 heterocycles. The first-order valence-corrected chi connectivity index (χ1v) is 8.02. The minimum atomic E-state index is -0.820. The number of carbonyl (C=O) groups is 1. The van der Waals surface area contributed by atoms with E-state index in [0.717, 1.165) is 24.3 Å². The van der Waals surface area contributed by atoms with Gasteiger partial charge < -0.3 is 15.4 Å². The van der Waals surface area contributed by atoms with Crippen LogP contribution in [0.1, 0.15) is 53.0 Å². The van der Waals surface area contributed by atoms with Gasteiger partial charge in [0.25, 0.3) is 5.91 Å². The van der Waals surface area contributed by atoms with Crippen LogP contribution in [0.2, 0.25) is 0 Å². The van der Waals surface area contributed by atoms with Crippen molar-refractivity contribution in [2.24, 2.45) is 5.73 Å². The zero-order valence-corrected chi connectivity index (χ0v) is 14.4. The normalized spacial score (nSPS) is 17.2. The lowest BCUT2D eigenvalue weighted by atomic mass is 9.86. The van der Waals surface area contributed by atoms with E-state index < -0.39 is 5.60 Å². The van der Waals surface area contributed by atoms with Crippen molar-refractivity contribution in [2.45, 2.75) is 58.5 Å². The molecular formula is C18H28N2O2. The Kier molecular flexibility index (Phi) is 4.52. The molecule has 0 saturated heterocycles. The smallest absolute Gasteiger partial charge is 0.270 e. The molecule has 0 fully saturated rings. The van der Waals surface area contributed by atoms with Crippen LogP contribution in [0.5, 0.6) is 5.75 Å². The first kappa shape index (κ1) is 16.8. The molecule has 0 aromatic heterocycles. The van der Waals surface area contributed by atoms with Gasteiger partial charge in [-0.25, -0.2) is 0 Å². The first-order chi connectivity index (χ1) is 10.2. The highest BCUT2D eigenvalue weighted by Crippen LogP contribution is 2.40. The van der Waals surface area contributed by atoms with Gasteiger partial charge >= 0.3 is 0 Å². The number of carbonyl (C=O) groups excluding carboxylic acids is 1. The maximum absolute atomic E-state index is 12.7. The number of hydrogen-bond donors (Lipinski definition) is 1. The summed E-state index contributed by atoms with van der Waals surface area (Å²) in [5.41, 5.74) is 6.88. The number of unbranched alkanes of at least 4 members (excludes halogenated alkanes) is 1. The molecule has 0 atom stereocenters. The minimum Gasteiger partial charge on any atom is -0.476 e. The van der Waals surface area contributed by atoms with E-state index in [1.165, 1.54) is 5.56 Å². The van der Waals surface area contributed by atoms with Crippen LogP contribution in [-0.2, 0) is 10.2 Å². The summed E-state index contributed by atoms with van der Waals surface area (Å²) in [7, 11) is 0. The van der Waals surface area contributed by atoms with Crippen molar-refractivity contribution in [3.8, 4) is 5.75 Å². The summed E-state index contributed by atoms with van der Waals surface area (Å²) >= 11 is 0. The molecule has 2 N–H and O–H groups in total. The lowest BCUT2D eigenvalue weighted by molar-refractivity contribution is -0.132. The average Bonchev–Trinajstić information content (AvgIpc) is 2.41. The molecule has 0 spiro atoms. The van der Waals surface area contributed by atoms with Gasteiger partial charge in [0.05, 0.1) is 5.69 Å². The monoisotopic (exact) mass is 304 g/mol. The van der Waals surface area contributed by atoms with Crippen LogP contribution in [0.15, 0.2) is 18.2 Å². The fourth-order valence-electron chi connectivity index (χ4n) is 2.67. The third-order valence-electron chi connectivity index (χ3n) is 4.08. The van der Waals surface area contributed by atoms with E-state index in [1.54, 1.807) is 0 Å². The number of ether oxygens (including phenoxy) is 1. The lowest BCUT2D eigenvalue weighted by Crippen LogP contribution is -2.52. The summed E-state index contributed by atoms with van der Waals surface area (Å²) in [6, 6.07) is 6.16. The predicted octanol–water partition coefficient (Wildman–Crippen LogP) is 3.23. The highest BCUT2D eigenvalue weighted by molar-refractivity contribution is 6.02. The molecule has 2 rings (SSSR count). The second kappa shape index (κ2) is 5.92. The first-order valence-electron chi connectivity index (χ1n) is 8.02. The number of amides is 1. The van der Waals surface area contributed by atoms with Crippen LogP contribution in [0.25, 0.3) is 0 Å². The predicted molar refractivity (Wildman–Crippen MR) is 90.5 cm³/mol. The number of nitrogens with two attached hydrogens (primary N) is 1. The van der Waals surface area contributed by atoms with E-state index in [1.807, 2.05) is 24.8 Å². The molecule has 0 saturated carbocycles. The molecule has 1 aliphatic rings. The molecule has 22 heavy (non-hydrogen) atoms. The van der Waals surface area contributed by atoms with Crippen molar-refractivity contribution >= 4 is 11.6 Å². The van der Waals surface area contributed by atoms with Crippen molar-refractivity contribution in [3.05, 3.63) is 23.8 Å². The average molecular weight is 304 g/mol. The molecule has 1 aliphatic heterocycles. The summed E-state index contributed by atoms with van der Waals surface area (Å²) < 4.78 is 5.92. The maximum Gasteiger partial charge on any atom is 0.270 e. The van der Waals surface area contributed by atoms with Crippen LogP contribution >= 0.6 is 0 Å². The van der Waals surface area contributed by atoms with Gasteiger partial charge in [0.15, 0.2) is 5.60 Å². The van der Waals surface area contributed by atoms with E-state index in [-0.39, 0.29) is 11.3 Å². The molecule has 0 radical (unpaired) electrons. The fraction of sp³-hybridized carbons (Fsp3) is 0.611. The Morgan fingerprint density at radius 2 is 1.91 bits per heavy atom. The van der Waals surface area contributed by atoms with Crippen LogP contribution < -0.4 is 15.4 Å². The standard InChI is InChI=1S/C18H28N2O2/c1-17(2,3)13-8-9-15-14(12-13)20(11-7-6-10-19)16(21)18(4,5)22-15/h8-9,12H,6-7,10-11,19H2,1-5H3. The van der Waals surface area contributed by atoms with Gasteiger partial charge in [-0.2, -0.15) is 0 Å². The zero-order chi connectivity index (χ0) is 16.5. The van der Waals surface area contributed by atoms with Gasteiger partial charge in [0, 0.05) is 6.54 Å². The number of nitrogens with zero attached hydrogens (tertiary/aromatic N) is 1. The molecule has 1 aromatic carbocycles. The minimum absolute atomic E-state index is 0.0167. The summed E-state index contributed by atoms with van der Waals surface area (Å²) in [5.74, 6) is 0.799. The number of benzene rings is 1. The Hall–Kier alpha value is -1.55. The van der Waals surface area contributed by atoms with E-state index in [4.69, 9.17) is 10.5 Å². The van der Waals surface area contributed by atoms with Crippen molar-refractivity contribution in [3.63, 3.8) is 0 Å². The largest absolute Gasteiger partial charge is 0.476 e. The third kappa shape index (κ3) is 3.27. The van der Waals surface area contributed by atoms with Crippen LogP contribution in [0.4, 0.5) is 5.69 Å². The second-order valence-electron chi connectivity index (χ2n) is 7.50. The molecular weight excluding hydrogens is 276 g/mol. The molecule has 1 amide bonds. The molecule has 4 heteroatoms. The second-order valence-corrected chi connectivity index (χ2v) is 7.50.